The Morgan fingerprint density at radius 2 is 1.93 bits per heavy atom. The van der Waals surface area contributed by atoms with Crippen molar-refractivity contribution in [1.29, 1.82) is 0 Å². The minimum atomic E-state index is -0.663. The first-order valence-corrected chi connectivity index (χ1v) is 5.24. The van der Waals surface area contributed by atoms with E-state index < -0.39 is 5.97 Å². The minimum Gasteiger partial charge on any atom is -0.481 e. The van der Waals surface area contributed by atoms with Crippen LogP contribution in [0.3, 0.4) is 0 Å². The van der Waals surface area contributed by atoms with Gasteiger partial charge in [-0.05, 0) is 52.6 Å². The predicted octanol–water partition coefficient (Wildman–Crippen LogP) is 3.12. The van der Waals surface area contributed by atoms with E-state index >= 15 is 0 Å². The molecule has 0 spiro atoms. The molecular formula is C11H13IO2. The standard InChI is InChI=1S/C10H9IO2.CH4/c11-7-3-1-6(2-4-7)8-5-9(8)10(12)13;/h1-4,8-9H,5H2,(H,12,13);1H4. The summed E-state index contributed by atoms with van der Waals surface area (Å²) in [7, 11) is 0. The van der Waals surface area contributed by atoms with Crippen LogP contribution in [0.25, 0.3) is 0 Å². The Bertz CT molecular complexity index is 332. The van der Waals surface area contributed by atoms with Crippen LogP contribution in [0, 0.1) is 9.49 Å². The average molecular weight is 304 g/mol. The predicted molar refractivity (Wildman–Crippen MR) is 64.4 cm³/mol. The summed E-state index contributed by atoms with van der Waals surface area (Å²) < 4.78 is 1.19. The van der Waals surface area contributed by atoms with Crippen molar-refractivity contribution in [2.24, 2.45) is 5.92 Å². The van der Waals surface area contributed by atoms with Crippen LogP contribution in [0.4, 0.5) is 0 Å². The molecule has 1 fully saturated rings. The lowest BCUT2D eigenvalue weighted by molar-refractivity contribution is -0.138. The number of carboxylic acid groups (broad SMARTS) is 1. The van der Waals surface area contributed by atoms with Gasteiger partial charge in [-0.2, -0.15) is 0 Å². The Morgan fingerprint density at radius 3 is 2.36 bits per heavy atom. The molecule has 3 heteroatoms. The second kappa shape index (κ2) is 4.29. The van der Waals surface area contributed by atoms with Gasteiger partial charge >= 0.3 is 5.97 Å². The van der Waals surface area contributed by atoms with Crippen molar-refractivity contribution >= 4 is 28.6 Å². The van der Waals surface area contributed by atoms with Crippen LogP contribution >= 0.6 is 22.6 Å². The van der Waals surface area contributed by atoms with Crippen molar-refractivity contribution < 1.29 is 9.90 Å². The van der Waals surface area contributed by atoms with Crippen LogP contribution in [0.1, 0.15) is 25.3 Å². The highest BCUT2D eigenvalue weighted by Crippen LogP contribution is 2.47. The quantitative estimate of drug-likeness (QED) is 0.852. The molecule has 1 aliphatic carbocycles. The van der Waals surface area contributed by atoms with Gasteiger partial charge in [0.15, 0.2) is 0 Å². The first-order valence-electron chi connectivity index (χ1n) is 4.17. The Balaban J connectivity index is 0.000000980. The maximum Gasteiger partial charge on any atom is 0.307 e. The van der Waals surface area contributed by atoms with Crippen molar-refractivity contribution in [2.45, 2.75) is 19.8 Å². The van der Waals surface area contributed by atoms with Crippen molar-refractivity contribution in [2.75, 3.05) is 0 Å². The number of hydrogen-bond acceptors (Lipinski definition) is 1. The van der Waals surface area contributed by atoms with Crippen LogP contribution in [-0.4, -0.2) is 11.1 Å². The summed E-state index contributed by atoms with van der Waals surface area (Å²) in [5.41, 5.74) is 1.16. The van der Waals surface area contributed by atoms with E-state index in [0.29, 0.717) is 0 Å². The highest BCUT2D eigenvalue weighted by Gasteiger charge is 2.43. The van der Waals surface area contributed by atoms with Crippen LogP contribution in [-0.2, 0) is 4.79 Å². The van der Waals surface area contributed by atoms with Crippen LogP contribution in [0.5, 0.6) is 0 Å². The van der Waals surface area contributed by atoms with E-state index in [-0.39, 0.29) is 19.3 Å². The minimum absolute atomic E-state index is 0. The highest BCUT2D eigenvalue weighted by atomic mass is 127. The zero-order valence-electron chi connectivity index (χ0n) is 6.90. The zero-order chi connectivity index (χ0) is 9.42. The lowest BCUT2D eigenvalue weighted by Crippen LogP contribution is -1.98. The molecule has 1 saturated carbocycles. The Labute approximate surface area is 97.5 Å². The summed E-state index contributed by atoms with van der Waals surface area (Å²) in [5.74, 6) is -0.543. The average Bonchev–Trinajstić information content (AvgIpc) is 2.85. The molecule has 2 atom stereocenters. The van der Waals surface area contributed by atoms with Crippen molar-refractivity contribution in [1.82, 2.24) is 0 Å². The number of carbonyl (C=O) groups is 1. The molecule has 0 bridgehead atoms. The lowest BCUT2D eigenvalue weighted by Gasteiger charge is -1.97. The first kappa shape index (κ1) is 11.5. The molecule has 76 valence electrons. The number of carboxylic acids is 1. The Hall–Kier alpha value is -0.580. The molecule has 1 N–H and O–H groups in total. The molecule has 14 heavy (non-hydrogen) atoms. The van der Waals surface area contributed by atoms with Gasteiger partial charge in [-0.15, -0.1) is 0 Å². The Kier molecular flexibility index (Phi) is 3.53. The van der Waals surface area contributed by atoms with Crippen molar-refractivity contribution in [3.05, 3.63) is 33.4 Å². The van der Waals surface area contributed by atoms with Gasteiger partial charge in [0.1, 0.15) is 0 Å². The van der Waals surface area contributed by atoms with Crippen molar-refractivity contribution in [3.63, 3.8) is 0 Å². The molecule has 2 nitrogen and oxygen atoms in total. The summed E-state index contributed by atoms with van der Waals surface area (Å²) in [6.07, 6.45) is 0.802. The van der Waals surface area contributed by atoms with Gasteiger partial charge in [-0.1, -0.05) is 19.6 Å². The summed E-state index contributed by atoms with van der Waals surface area (Å²) in [4.78, 5) is 10.6. The second-order valence-electron chi connectivity index (χ2n) is 3.34. The lowest BCUT2D eigenvalue weighted by atomic mass is 10.1. The molecule has 1 aromatic carbocycles. The fourth-order valence-corrected chi connectivity index (χ4v) is 1.91. The monoisotopic (exact) mass is 304 g/mol. The van der Waals surface area contributed by atoms with E-state index in [1.165, 1.54) is 3.57 Å². The van der Waals surface area contributed by atoms with Gasteiger partial charge in [-0.3, -0.25) is 4.79 Å². The van der Waals surface area contributed by atoms with E-state index in [1.54, 1.807) is 0 Å². The fourth-order valence-electron chi connectivity index (χ4n) is 1.55. The number of hydrogen-bond donors (Lipinski definition) is 1. The first-order chi connectivity index (χ1) is 6.18. The van der Waals surface area contributed by atoms with E-state index in [0.717, 1.165) is 12.0 Å². The van der Waals surface area contributed by atoms with Gasteiger partial charge in [0.25, 0.3) is 0 Å². The molecule has 0 saturated heterocycles. The van der Waals surface area contributed by atoms with E-state index in [1.807, 2.05) is 24.3 Å². The summed E-state index contributed by atoms with van der Waals surface area (Å²) in [6, 6.07) is 8.09. The Morgan fingerprint density at radius 1 is 1.36 bits per heavy atom. The molecule has 2 rings (SSSR count). The zero-order valence-corrected chi connectivity index (χ0v) is 9.06. The van der Waals surface area contributed by atoms with Crippen molar-refractivity contribution in [3.8, 4) is 0 Å². The number of rotatable bonds is 2. The van der Waals surface area contributed by atoms with Gasteiger partial charge in [0, 0.05) is 3.57 Å². The van der Waals surface area contributed by atoms with Crippen LogP contribution < -0.4 is 0 Å². The molecule has 1 aliphatic rings. The number of halogens is 1. The van der Waals surface area contributed by atoms with Crippen LogP contribution in [0.2, 0.25) is 0 Å². The van der Waals surface area contributed by atoms with Gasteiger partial charge in [-0.25, -0.2) is 0 Å². The molecular weight excluding hydrogens is 291 g/mol. The van der Waals surface area contributed by atoms with Gasteiger partial charge in [0.05, 0.1) is 5.92 Å². The van der Waals surface area contributed by atoms with E-state index in [4.69, 9.17) is 5.11 Å². The summed E-state index contributed by atoms with van der Waals surface area (Å²) in [5, 5.41) is 8.74. The molecule has 1 aromatic rings. The normalized spacial score (nSPS) is 23.8. The van der Waals surface area contributed by atoms with E-state index in [9.17, 15) is 4.79 Å². The largest absolute Gasteiger partial charge is 0.481 e. The fraction of sp³-hybridized carbons (Fsp3) is 0.364. The highest BCUT2D eigenvalue weighted by molar-refractivity contribution is 14.1. The van der Waals surface area contributed by atoms with Gasteiger partial charge < -0.3 is 5.11 Å². The topological polar surface area (TPSA) is 37.3 Å². The molecule has 2 unspecified atom stereocenters. The van der Waals surface area contributed by atoms with Crippen LogP contribution in [0.15, 0.2) is 24.3 Å². The number of benzene rings is 1. The maximum absolute atomic E-state index is 10.6. The molecule has 0 aliphatic heterocycles. The third-order valence-electron chi connectivity index (χ3n) is 2.41. The van der Waals surface area contributed by atoms with E-state index in [2.05, 4.69) is 22.6 Å². The SMILES string of the molecule is C.O=C(O)C1CC1c1ccc(I)cc1. The third kappa shape index (κ3) is 2.26. The third-order valence-corrected chi connectivity index (χ3v) is 3.12. The summed E-state index contributed by atoms with van der Waals surface area (Å²) in [6.45, 7) is 0. The smallest absolute Gasteiger partial charge is 0.307 e. The van der Waals surface area contributed by atoms with Gasteiger partial charge in [0.2, 0.25) is 0 Å². The molecule has 0 radical (unpaired) electrons. The molecule has 0 amide bonds. The molecule has 0 heterocycles. The maximum atomic E-state index is 10.6. The second-order valence-corrected chi connectivity index (χ2v) is 4.58. The molecule has 0 aromatic heterocycles. The summed E-state index contributed by atoms with van der Waals surface area (Å²) >= 11 is 2.24. The number of aliphatic carboxylic acids is 1.